The molecule has 6 heteroatoms. The van der Waals surface area contributed by atoms with Crippen molar-refractivity contribution in [1.82, 2.24) is 24.9 Å². The van der Waals surface area contributed by atoms with Crippen molar-refractivity contribution in [3.8, 4) is 0 Å². The Morgan fingerprint density at radius 3 is 2.95 bits per heavy atom. The highest BCUT2D eigenvalue weighted by atomic mass is 32.2. The Morgan fingerprint density at radius 1 is 1.05 bits per heavy atom. The number of para-hydroxylation sites is 2. The Labute approximate surface area is 118 Å². The predicted molar refractivity (Wildman–Crippen MR) is 79.5 cm³/mol. The number of aromatic amines is 2. The van der Waals surface area contributed by atoms with Crippen molar-refractivity contribution in [2.75, 3.05) is 0 Å². The summed E-state index contributed by atoms with van der Waals surface area (Å²) in [5, 5.41) is 0.915. The van der Waals surface area contributed by atoms with Crippen LogP contribution >= 0.6 is 11.8 Å². The van der Waals surface area contributed by atoms with E-state index >= 15 is 0 Å². The van der Waals surface area contributed by atoms with Gasteiger partial charge in [-0.25, -0.2) is 9.97 Å². The highest BCUT2D eigenvalue weighted by molar-refractivity contribution is 7.98. The first-order valence-corrected chi connectivity index (χ1v) is 7.22. The van der Waals surface area contributed by atoms with E-state index in [0.717, 1.165) is 38.7 Å². The minimum Gasteiger partial charge on any atom is -0.344 e. The Morgan fingerprint density at radius 2 is 2.00 bits per heavy atom. The monoisotopic (exact) mass is 281 g/mol. The van der Waals surface area contributed by atoms with E-state index < -0.39 is 0 Å². The number of H-pyrrole nitrogens is 2. The normalized spacial score (nSPS) is 11.4. The van der Waals surface area contributed by atoms with Crippen LogP contribution in [0.3, 0.4) is 0 Å². The van der Waals surface area contributed by atoms with Gasteiger partial charge < -0.3 is 9.97 Å². The van der Waals surface area contributed by atoms with Gasteiger partial charge in [0, 0.05) is 5.75 Å². The number of hydrogen-bond donors (Lipinski definition) is 2. The lowest BCUT2D eigenvalue weighted by Crippen LogP contribution is -1.87. The Hall–Kier alpha value is -2.34. The summed E-state index contributed by atoms with van der Waals surface area (Å²) in [6.45, 7) is 0. The Balaban J connectivity index is 1.56. The van der Waals surface area contributed by atoms with Gasteiger partial charge in [0.2, 0.25) is 0 Å². The number of hydrogen-bond acceptors (Lipinski definition) is 4. The largest absolute Gasteiger partial charge is 0.344 e. The van der Waals surface area contributed by atoms with Gasteiger partial charge in [0.25, 0.3) is 0 Å². The molecule has 0 fully saturated rings. The summed E-state index contributed by atoms with van der Waals surface area (Å²) in [6.07, 6.45) is 3.48. The fourth-order valence-electron chi connectivity index (χ4n) is 2.10. The Kier molecular flexibility index (Phi) is 2.67. The fourth-order valence-corrected chi connectivity index (χ4v) is 2.89. The van der Waals surface area contributed by atoms with Gasteiger partial charge in [-0.15, -0.1) is 0 Å². The van der Waals surface area contributed by atoms with Crippen LogP contribution in [0.2, 0.25) is 0 Å². The lowest BCUT2D eigenvalue weighted by Gasteiger charge is -1.98. The van der Waals surface area contributed by atoms with Crippen LogP contribution < -0.4 is 0 Å². The minimum atomic E-state index is 0.773. The van der Waals surface area contributed by atoms with Crippen LogP contribution in [0, 0.1) is 0 Å². The maximum Gasteiger partial charge on any atom is 0.166 e. The van der Waals surface area contributed by atoms with E-state index in [1.807, 2.05) is 30.3 Å². The molecular formula is C14H11N5S. The highest BCUT2D eigenvalue weighted by Crippen LogP contribution is 2.23. The van der Waals surface area contributed by atoms with Crippen LogP contribution in [0.25, 0.3) is 22.1 Å². The van der Waals surface area contributed by atoms with Crippen molar-refractivity contribution < 1.29 is 0 Å². The smallest absolute Gasteiger partial charge is 0.166 e. The van der Waals surface area contributed by atoms with E-state index in [1.165, 1.54) is 0 Å². The van der Waals surface area contributed by atoms with E-state index in [2.05, 4.69) is 24.9 Å². The zero-order valence-electron chi connectivity index (χ0n) is 10.5. The van der Waals surface area contributed by atoms with E-state index in [-0.39, 0.29) is 0 Å². The second kappa shape index (κ2) is 4.64. The standard InChI is InChI=1S/C14H11N5S/c1-2-4-11-10(3-1)18-14(19-11)20-7-9-5-12-13(6-15-9)17-8-16-12/h1-6,8H,7H2,(H,16,17)(H,18,19). The molecule has 0 aliphatic heterocycles. The lowest BCUT2D eigenvalue weighted by atomic mass is 10.3. The van der Waals surface area contributed by atoms with Gasteiger partial charge in [-0.05, 0) is 18.2 Å². The van der Waals surface area contributed by atoms with E-state index in [9.17, 15) is 0 Å². The molecule has 3 aromatic heterocycles. The van der Waals surface area contributed by atoms with Gasteiger partial charge in [-0.3, -0.25) is 4.98 Å². The summed E-state index contributed by atoms with van der Waals surface area (Å²) in [7, 11) is 0. The Bertz CT molecular complexity index is 844. The molecule has 5 nitrogen and oxygen atoms in total. The molecule has 0 atom stereocenters. The second-order valence-corrected chi connectivity index (χ2v) is 5.41. The summed E-state index contributed by atoms with van der Waals surface area (Å²) in [6, 6.07) is 10.1. The zero-order valence-corrected chi connectivity index (χ0v) is 11.3. The molecule has 0 aliphatic carbocycles. The SMILES string of the molecule is c1ccc2[nH]c(SCc3cc4[nH]cnc4cn3)nc2c1. The average molecular weight is 281 g/mol. The van der Waals surface area contributed by atoms with Crippen LogP contribution in [-0.4, -0.2) is 24.9 Å². The molecule has 0 saturated heterocycles. The third kappa shape index (κ3) is 2.04. The molecule has 0 spiro atoms. The van der Waals surface area contributed by atoms with E-state index in [0.29, 0.717) is 0 Å². The number of aromatic nitrogens is 5. The van der Waals surface area contributed by atoms with E-state index in [1.54, 1.807) is 24.3 Å². The van der Waals surface area contributed by atoms with Gasteiger partial charge in [0.1, 0.15) is 5.52 Å². The molecule has 2 N–H and O–H groups in total. The topological polar surface area (TPSA) is 70.2 Å². The zero-order chi connectivity index (χ0) is 13.4. The fraction of sp³-hybridized carbons (Fsp3) is 0.0714. The van der Waals surface area contributed by atoms with Crippen molar-refractivity contribution in [2.24, 2.45) is 0 Å². The third-order valence-electron chi connectivity index (χ3n) is 3.09. The van der Waals surface area contributed by atoms with Gasteiger partial charge in [0.05, 0.1) is 34.8 Å². The summed E-state index contributed by atoms with van der Waals surface area (Å²) >= 11 is 1.65. The molecule has 98 valence electrons. The van der Waals surface area contributed by atoms with Crippen molar-refractivity contribution in [2.45, 2.75) is 10.9 Å². The van der Waals surface area contributed by atoms with Crippen molar-refractivity contribution in [1.29, 1.82) is 0 Å². The molecule has 0 unspecified atom stereocenters. The van der Waals surface area contributed by atoms with Crippen LogP contribution in [0.15, 0.2) is 48.0 Å². The number of fused-ring (bicyclic) bond motifs is 2. The van der Waals surface area contributed by atoms with Crippen LogP contribution in [0.1, 0.15) is 5.69 Å². The summed E-state index contributed by atoms with van der Waals surface area (Å²) in [5.74, 6) is 0.773. The second-order valence-electron chi connectivity index (χ2n) is 4.44. The highest BCUT2D eigenvalue weighted by Gasteiger charge is 2.05. The molecule has 1 aromatic carbocycles. The van der Waals surface area contributed by atoms with Gasteiger partial charge in [0.15, 0.2) is 5.16 Å². The summed E-state index contributed by atoms with van der Waals surface area (Å²) in [4.78, 5) is 19.5. The maximum absolute atomic E-state index is 4.54. The van der Waals surface area contributed by atoms with E-state index in [4.69, 9.17) is 0 Å². The predicted octanol–water partition coefficient (Wildman–Crippen LogP) is 3.13. The van der Waals surface area contributed by atoms with Crippen LogP contribution in [-0.2, 0) is 5.75 Å². The first kappa shape index (κ1) is 11.5. The van der Waals surface area contributed by atoms with Crippen molar-refractivity contribution in [3.63, 3.8) is 0 Å². The molecule has 0 bridgehead atoms. The van der Waals surface area contributed by atoms with Crippen LogP contribution in [0.5, 0.6) is 0 Å². The lowest BCUT2D eigenvalue weighted by molar-refractivity contribution is 1.07. The van der Waals surface area contributed by atoms with Crippen molar-refractivity contribution in [3.05, 3.63) is 48.5 Å². The summed E-state index contributed by atoms with van der Waals surface area (Å²) in [5.41, 5.74) is 4.97. The molecule has 0 aliphatic rings. The minimum absolute atomic E-state index is 0.773. The number of benzene rings is 1. The summed E-state index contributed by atoms with van der Waals surface area (Å²) < 4.78 is 0. The van der Waals surface area contributed by atoms with Gasteiger partial charge >= 0.3 is 0 Å². The molecular weight excluding hydrogens is 270 g/mol. The molecule has 0 amide bonds. The molecule has 20 heavy (non-hydrogen) atoms. The van der Waals surface area contributed by atoms with Gasteiger partial charge in [-0.2, -0.15) is 0 Å². The number of nitrogens with one attached hydrogen (secondary N) is 2. The van der Waals surface area contributed by atoms with Crippen LogP contribution in [0.4, 0.5) is 0 Å². The number of rotatable bonds is 3. The number of thioether (sulfide) groups is 1. The molecule has 4 rings (SSSR count). The average Bonchev–Trinajstić information content (AvgIpc) is 3.10. The molecule has 3 heterocycles. The first-order chi connectivity index (χ1) is 9.88. The number of nitrogens with zero attached hydrogens (tertiary/aromatic N) is 3. The van der Waals surface area contributed by atoms with Crippen molar-refractivity contribution >= 4 is 33.8 Å². The van der Waals surface area contributed by atoms with Gasteiger partial charge in [-0.1, -0.05) is 23.9 Å². The molecule has 4 aromatic rings. The quantitative estimate of drug-likeness (QED) is 0.566. The number of pyridine rings is 1. The molecule has 0 radical (unpaired) electrons. The number of imidazole rings is 2. The first-order valence-electron chi connectivity index (χ1n) is 6.24. The molecule has 0 saturated carbocycles. The third-order valence-corrected chi connectivity index (χ3v) is 3.99. The maximum atomic E-state index is 4.54.